The Bertz CT molecular complexity index is 305. The number of benzene rings is 1. The van der Waals surface area contributed by atoms with Crippen LogP contribution in [0.3, 0.4) is 0 Å². The smallest absolute Gasteiger partial charge is 0.119 e. The van der Waals surface area contributed by atoms with Gasteiger partial charge in [-0.1, -0.05) is 39.8 Å². The number of ether oxygens (including phenoxy) is 1. The first kappa shape index (κ1) is 14.0. The Labute approximate surface area is 105 Å². The average Bonchev–Trinajstić information content (AvgIpc) is 2.35. The van der Waals surface area contributed by atoms with Crippen molar-refractivity contribution >= 4 is 0 Å². The van der Waals surface area contributed by atoms with Crippen LogP contribution in [0.4, 0.5) is 0 Å². The number of nitrogens with one attached hydrogen (secondary N) is 1. The molecule has 0 aromatic heterocycles. The molecule has 0 saturated carbocycles. The third-order valence-electron chi connectivity index (χ3n) is 2.84. The molecule has 0 heterocycles. The van der Waals surface area contributed by atoms with Gasteiger partial charge in [-0.3, -0.25) is 0 Å². The molecule has 1 unspecified atom stereocenters. The van der Waals surface area contributed by atoms with E-state index in [0.29, 0.717) is 6.04 Å². The number of aryl methyl sites for hydroxylation is 1. The van der Waals surface area contributed by atoms with Crippen LogP contribution in [-0.2, 0) is 6.42 Å². The Morgan fingerprint density at radius 1 is 1.12 bits per heavy atom. The Morgan fingerprint density at radius 3 is 2.24 bits per heavy atom. The summed E-state index contributed by atoms with van der Waals surface area (Å²) < 4.78 is 5.95. The van der Waals surface area contributed by atoms with E-state index in [9.17, 15) is 0 Å². The molecule has 0 aliphatic rings. The molecule has 96 valence electrons. The van der Waals surface area contributed by atoms with Gasteiger partial charge in [-0.25, -0.2) is 0 Å². The molecule has 0 bridgehead atoms. The fraction of sp³-hybridized carbons (Fsp3) is 0.600. The van der Waals surface area contributed by atoms with Crippen molar-refractivity contribution in [1.82, 2.24) is 5.32 Å². The van der Waals surface area contributed by atoms with E-state index in [4.69, 9.17) is 4.74 Å². The zero-order valence-corrected chi connectivity index (χ0v) is 11.5. The van der Waals surface area contributed by atoms with Crippen LogP contribution in [0.5, 0.6) is 5.75 Å². The first-order valence-electron chi connectivity index (χ1n) is 6.64. The van der Waals surface area contributed by atoms with E-state index in [1.807, 2.05) is 0 Å². The van der Waals surface area contributed by atoms with Crippen LogP contribution in [0.2, 0.25) is 0 Å². The van der Waals surface area contributed by atoms with E-state index in [1.165, 1.54) is 5.56 Å². The summed E-state index contributed by atoms with van der Waals surface area (Å²) in [4.78, 5) is 0. The highest BCUT2D eigenvalue weighted by atomic mass is 16.5. The van der Waals surface area contributed by atoms with E-state index < -0.39 is 0 Å². The molecule has 0 aliphatic heterocycles. The molecule has 2 heteroatoms. The largest absolute Gasteiger partial charge is 0.489 e. The second kappa shape index (κ2) is 7.33. The minimum absolute atomic E-state index is 0.255. The van der Waals surface area contributed by atoms with Gasteiger partial charge in [-0.2, -0.15) is 0 Å². The maximum atomic E-state index is 5.95. The Kier molecular flexibility index (Phi) is 6.06. The molecule has 17 heavy (non-hydrogen) atoms. The third-order valence-corrected chi connectivity index (χ3v) is 2.84. The van der Waals surface area contributed by atoms with Crippen LogP contribution in [0.25, 0.3) is 0 Å². The monoisotopic (exact) mass is 235 g/mol. The topological polar surface area (TPSA) is 21.3 Å². The van der Waals surface area contributed by atoms with Crippen molar-refractivity contribution in [2.45, 2.75) is 52.7 Å². The van der Waals surface area contributed by atoms with Gasteiger partial charge < -0.3 is 10.1 Å². The van der Waals surface area contributed by atoms with E-state index in [0.717, 1.165) is 25.1 Å². The predicted octanol–water partition coefficient (Wildman–Crippen LogP) is 3.40. The van der Waals surface area contributed by atoms with Crippen LogP contribution in [0.15, 0.2) is 24.3 Å². The lowest BCUT2D eigenvalue weighted by Gasteiger charge is -2.19. The van der Waals surface area contributed by atoms with Crippen LogP contribution in [0, 0.1) is 0 Å². The SMILES string of the molecule is CCc1ccc(OC(CC)CNC(C)C)cc1. The zero-order valence-electron chi connectivity index (χ0n) is 11.5. The highest BCUT2D eigenvalue weighted by Gasteiger charge is 2.08. The minimum Gasteiger partial charge on any atom is -0.489 e. The summed E-state index contributed by atoms with van der Waals surface area (Å²) in [6, 6.07) is 8.92. The fourth-order valence-electron chi connectivity index (χ4n) is 1.63. The van der Waals surface area contributed by atoms with Crippen molar-refractivity contribution in [3.05, 3.63) is 29.8 Å². The number of hydrogen-bond donors (Lipinski definition) is 1. The average molecular weight is 235 g/mol. The Hall–Kier alpha value is -1.02. The summed E-state index contributed by atoms with van der Waals surface area (Å²) in [6.07, 6.45) is 2.35. The van der Waals surface area contributed by atoms with Gasteiger partial charge in [0.15, 0.2) is 0 Å². The van der Waals surface area contributed by atoms with Gasteiger partial charge in [0.2, 0.25) is 0 Å². The highest BCUT2D eigenvalue weighted by molar-refractivity contribution is 5.27. The number of rotatable bonds is 7. The molecule has 1 atom stereocenters. The first-order valence-corrected chi connectivity index (χ1v) is 6.64. The maximum absolute atomic E-state index is 5.95. The fourth-order valence-corrected chi connectivity index (χ4v) is 1.63. The van der Waals surface area contributed by atoms with Gasteiger partial charge in [0.25, 0.3) is 0 Å². The summed E-state index contributed by atoms with van der Waals surface area (Å²) in [5.41, 5.74) is 1.35. The van der Waals surface area contributed by atoms with Crippen LogP contribution < -0.4 is 10.1 Å². The zero-order chi connectivity index (χ0) is 12.7. The lowest BCUT2D eigenvalue weighted by Crippen LogP contribution is -2.34. The molecule has 0 amide bonds. The lowest BCUT2D eigenvalue weighted by molar-refractivity contribution is 0.190. The van der Waals surface area contributed by atoms with Crippen molar-refractivity contribution in [2.24, 2.45) is 0 Å². The van der Waals surface area contributed by atoms with E-state index >= 15 is 0 Å². The summed E-state index contributed by atoms with van der Waals surface area (Å²) >= 11 is 0. The summed E-state index contributed by atoms with van der Waals surface area (Å²) in [5.74, 6) is 0.972. The van der Waals surface area contributed by atoms with E-state index in [-0.39, 0.29) is 6.10 Å². The minimum atomic E-state index is 0.255. The lowest BCUT2D eigenvalue weighted by atomic mass is 10.2. The molecule has 0 saturated heterocycles. The molecule has 1 N–H and O–H groups in total. The van der Waals surface area contributed by atoms with Gasteiger partial charge >= 0.3 is 0 Å². The molecule has 0 aliphatic carbocycles. The first-order chi connectivity index (χ1) is 8.15. The standard InChI is InChI=1S/C15H25NO/c1-5-13-7-9-15(10-8-13)17-14(6-2)11-16-12(3)4/h7-10,12,14,16H,5-6,11H2,1-4H3. The molecular formula is C15H25NO. The van der Waals surface area contributed by atoms with Crippen LogP contribution >= 0.6 is 0 Å². The normalized spacial score (nSPS) is 12.8. The maximum Gasteiger partial charge on any atom is 0.119 e. The van der Waals surface area contributed by atoms with Crippen LogP contribution in [-0.4, -0.2) is 18.7 Å². The van der Waals surface area contributed by atoms with E-state index in [2.05, 4.69) is 57.3 Å². The van der Waals surface area contributed by atoms with Crippen molar-refractivity contribution in [2.75, 3.05) is 6.54 Å². The Balaban J connectivity index is 2.48. The molecular weight excluding hydrogens is 210 g/mol. The predicted molar refractivity (Wildman–Crippen MR) is 73.7 cm³/mol. The molecule has 1 rings (SSSR count). The quantitative estimate of drug-likeness (QED) is 0.782. The van der Waals surface area contributed by atoms with Gasteiger partial charge in [0, 0.05) is 12.6 Å². The molecule has 1 aromatic rings. The van der Waals surface area contributed by atoms with Crippen molar-refractivity contribution < 1.29 is 4.74 Å². The van der Waals surface area contributed by atoms with Crippen molar-refractivity contribution in [1.29, 1.82) is 0 Å². The summed E-state index contributed by atoms with van der Waals surface area (Å²) in [6.45, 7) is 9.54. The second-order valence-electron chi connectivity index (χ2n) is 4.71. The van der Waals surface area contributed by atoms with Gasteiger partial charge in [0.1, 0.15) is 11.9 Å². The molecule has 0 radical (unpaired) electrons. The number of hydrogen-bond acceptors (Lipinski definition) is 2. The van der Waals surface area contributed by atoms with E-state index in [1.54, 1.807) is 0 Å². The van der Waals surface area contributed by atoms with Crippen LogP contribution in [0.1, 0.15) is 39.7 Å². The Morgan fingerprint density at radius 2 is 1.76 bits per heavy atom. The van der Waals surface area contributed by atoms with Gasteiger partial charge in [-0.15, -0.1) is 0 Å². The van der Waals surface area contributed by atoms with Gasteiger partial charge in [-0.05, 0) is 30.5 Å². The molecule has 0 spiro atoms. The molecule has 1 aromatic carbocycles. The van der Waals surface area contributed by atoms with Gasteiger partial charge in [0.05, 0.1) is 0 Å². The third kappa shape index (κ3) is 5.22. The summed E-state index contributed by atoms with van der Waals surface area (Å²) in [7, 11) is 0. The summed E-state index contributed by atoms with van der Waals surface area (Å²) in [5, 5.41) is 3.41. The molecule has 0 fully saturated rings. The van der Waals surface area contributed by atoms with Crippen molar-refractivity contribution in [3.8, 4) is 5.75 Å². The van der Waals surface area contributed by atoms with Crippen molar-refractivity contribution in [3.63, 3.8) is 0 Å². The molecule has 2 nitrogen and oxygen atoms in total. The highest BCUT2D eigenvalue weighted by Crippen LogP contribution is 2.15. The second-order valence-corrected chi connectivity index (χ2v) is 4.71.